The Bertz CT molecular complexity index is 588. The maximum atomic E-state index is 12.3. The standard InChI is InChI=1S/C12H19N3O3/c1-8(2)14-10(16)13-11(17)15(12(14)18)9-6-4-3-5-7-9/h8-9H,3-7H2,1-2H3,(H,13,16,17). The van der Waals surface area contributed by atoms with Crippen LogP contribution in [-0.4, -0.2) is 14.1 Å². The van der Waals surface area contributed by atoms with Crippen molar-refractivity contribution >= 4 is 0 Å². The third kappa shape index (κ3) is 2.19. The highest BCUT2D eigenvalue weighted by Gasteiger charge is 2.21. The molecule has 0 spiro atoms. The smallest absolute Gasteiger partial charge is 0.259 e. The molecule has 1 saturated carbocycles. The Kier molecular flexibility index (Phi) is 3.54. The van der Waals surface area contributed by atoms with E-state index in [0.717, 1.165) is 36.7 Å². The minimum absolute atomic E-state index is 0.0689. The molecule has 0 atom stereocenters. The summed E-state index contributed by atoms with van der Waals surface area (Å²) in [7, 11) is 0. The summed E-state index contributed by atoms with van der Waals surface area (Å²) in [5, 5.41) is 0. The van der Waals surface area contributed by atoms with Gasteiger partial charge in [0.25, 0.3) is 0 Å². The molecule has 0 aromatic carbocycles. The van der Waals surface area contributed by atoms with Gasteiger partial charge in [-0.05, 0) is 26.7 Å². The van der Waals surface area contributed by atoms with E-state index in [1.807, 2.05) is 0 Å². The lowest BCUT2D eigenvalue weighted by Gasteiger charge is -2.23. The number of rotatable bonds is 2. The number of nitrogens with one attached hydrogen (secondary N) is 1. The molecule has 0 radical (unpaired) electrons. The number of H-pyrrole nitrogens is 1. The number of nitrogens with zero attached hydrogens (tertiary/aromatic N) is 2. The summed E-state index contributed by atoms with van der Waals surface area (Å²) in [6.07, 6.45) is 4.86. The lowest BCUT2D eigenvalue weighted by Crippen LogP contribution is -2.51. The fourth-order valence-electron chi connectivity index (χ4n) is 2.62. The second-order valence-corrected chi connectivity index (χ2v) is 5.14. The van der Waals surface area contributed by atoms with E-state index in [4.69, 9.17) is 0 Å². The number of hydrogen-bond acceptors (Lipinski definition) is 3. The predicted octanol–water partition coefficient (Wildman–Crippen LogP) is 0.784. The van der Waals surface area contributed by atoms with E-state index in [1.54, 1.807) is 13.8 Å². The SMILES string of the molecule is CC(C)n1c(=O)[nH]c(=O)n(C2CCCCC2)c1=O. The predicted molar refractivity (Wildman–Crippen MR) is 68.1 cm³/mol. The van der Waals surface area contributed by atoms with Gasteiger partial charge in [0.1, 0.15) is 0 Å². The molecule has 1 aliphatic carbocycles. The molecule has 6 nitrogen and oxygen atoms in total. The van der Waals surface area contributed by atoms with Gasteiger partial charge in [-0.3, -0.25) is 4.98 Å². The van der Waals surface area contributed by atoms with Gasteiger partial charge in [0, 0.05) is 12.1 Å². The second kappa shape index (κ2) is 4.96. The van der Waals surface area contributed by atoms with Crippen molar-refractivity contribution in [2.45, 2.75) is 58.0 Å². The zero-order valence-corrected chi connectivity index (χ0v) is 10.8. The maximum Gasteiger partial charge on any atom is 0.336 e. The fraction of sp³-hybridized carbons (Fsp3) is 0.750. The van der Waals surface area contributed by atoms with Crippen molar-refractivity contribution in [1.29, 1.82) is 0 Å². The highest BCUT2D eigenvalue weighted by Crippen LogP contribution is 2.25. The minimum Gasteiger partial charge on any atom is -0.259 e. The molecule has 1 N–H and O–H groups in total. The molecule has 0 bridgehead atoms. The van der Waals surface area contributed by atoms with Gasteiger partial charge < -0.3 is 0 Å². The summed E-state index contributed by atoms with van der Waals surface area (Å²) in [5.74, 6) is 0. The fourth-order valence-corrected chi connectivity index (χ4v) is 2.62. The summed E-state index contributed by atoms with van der Waals surface area (Å²) in [4.78, 5) is 38.0. The third-order valence-electron chi connectivity index (χ3n) is 3.52. The first-order valence-corrected chi connectivity index (χ1v) is 6.49. The molecule has 0 unspecified atom stereocenters. The van der Waals surface area contributed by atoms with Crippen molar-refractivity contribution in [3.63, 3.8) is 0 Å². The molecule has 1 heterocycles. The largest absolute Gasteiger partial charge is 0.336 e. The first-order valence-electron chi connectivity index (χ1n) is 6.49. The topological polar surface area (TPSA) is 76.9 Å². The summed E-state index contributed by atoms with van der Waals surface area (Å²) in [6, 6.07) is -0.322. The van der Waals surface area contributed by atoms with E-state index in [-0.39, 0.29) is 12.1 Å². The van der Waals surface area contributed by atoms with Crippen molar-refractivity contribution in [3.05, 3.63) is 31.5 Å². The van der Waals surface area contributed by atoms with Crippen molar-refractivity contribution < 1.29 is 0 Å². The first kappa shape index (κ1) is 12.9. The van der Waals surface area contributed by atoms with E-state index >= 15 is 0 Å². The Morgan fingerprint density at radius 2 is 1.67 bits per heavy atom. The molecular formula is C12H19N3O3. The van der Waals surface area contributed by atoms with Gasteiger partial charge in [-0.1, -0.05) is 19.3 Å². The van der Waals surface area contributed by atoms with Crippen molar-refractivity contribution in [2.24, 2.45) is 0 Å². The Labute approximate surface area is 104 Å². The van der Waals surface area contributed by atoms with Crippen LogP contribution in [0.4, 0.5) is 0 Å². The quantitative estimate of drug-likeness (QED) is 0.846. The second-order valence-electron chi connectivity index (χ2n) is 5.14. The molecule has 1 aromatic rings. The van der Waals surface area contributed by atoms with Crippen LogP contribution >= 0.6 is 0 Å². The normalized spacial score (nSPS) is 17.3. The van der Waals surface area contributed by atoms with Gasteiger partial charge in [0.15, 0.2) is 0 Å². The Balaban J connectivity index is 2.60. The summed E-state index contributed by atoms with van der Waals surface area (Å²) < 4.78 is 2.33. The molecule has 100 valence electrons. The molecule has 0 amide bonds. The Morgan fingerprint density at radius 1 is 1.06 bits per heavy atom. The molecule has 6 heteroatoms. The van der Waals surface area contributed by atoms with Crippen LogP contribution in [-0.2, 0) is 0 Å². The number of hydrogen-bond donors (Lipinski definition) is 1. The van der Waals surface area contributed by atoms with Gasteiger partial charge in [0.05, 0.1) is 0 Å². The van der Waals surface area contributed by atoms with E-state index in [1.165, 1.54) is 4.57 Å². The van der Waals surface area contributed by atoms with Crippen LogP contribution < -0.4 is 17.1 Å². The van der Waals surface area contributed by atoms with Gasteiger partial charge >= 0.3 is 17.1 Å². The highest BCUT2D eigenvalue weighted by atomic mass is 16.2. The van der Waals surface area contributed by atoms with E-state index in [0.29, 0.717) is 0 Å². The maximum absolute atomic E-state index is 12.3. The molecule has 0 saturated heterocycles. The van der Waals surface area contributed by atoms with Gasteiger partial charge in [-0.2, -0.15) is 0 Å². The molecular weight excluding hydrogens is 234 g/mol. The molecule has 1 fully saturated rings. The molecule has 2 rings (SSSR count). The van der Waals surface area contributed by atoms with E-state index in [2.05, 4.69) is 4.98 Å². The number of aromatic nitrogens is 3. The van der Waals surface area contributed by atoms with Crippen LogP contribution in [0.2, 0.25) is 0 Å². The Hall–Kier alpha value is -1.59. The lowest BCUT2D eigenvalue weighted by atomic mass is 9.95. The van der Waals surface area contributed by atoms with Crippen LogP contribution in [0.1, 0.15) is 58.0 Å². The zero-order valence-electron chi connectivity index (χ0n) is 10.8. The monoisotopic (exact) mass is 253 g/mol. The van der Waals surface area contributed by atoms with Crippen LogP contribution in [0.5, 0.6) is 0 Å². The molecule has 0 aliphatic heterocycles. The molecule has 1 aromatic heterocycles. The molecule has 18 heavy (non-hydrogen) atoms. The highest BCUT2D eigenvalue weighted by molar-refractivity contribution is 4.83. The van der Waals surface area contributed by atoms with E-state index < -0.39 is 17.1 Å². The average Bonchev–Trinajstić information content (AvgIpc) is 2.28. The van der Waals surface area contributed by atoms with Crippen LogP contribution in [0.3, 0.4) is 0 Å². The third-order valence-corrected chi connectivity index (χ3v) is 3.52. The van der Waals surface area contributed by atoms with E-state index in [9.17, 15) is 14.4 Å². The van der Waals surface area contributed by atoms with Crippen LogP contribution in [0.25, 0.3) is 0 Å². The molecule has 1 aliphatic rings. The van der Waals surface area contributed by atoms with Crippen molar-refractivity contribution in [2.75, 3.05) is 0 Å². The van der Waals surface area contributed by atoms with Crippen molar-refractivity contribution in [1.82, 2.24) is 14.1 Å². The summed E-state index contributed by atoms with van der Waals surface area (Å²) in [6.45, 7) is 3.51. The van der Waals surface area contributed by atoms with Crippen molar-refractivity contribution in [3.8, 4) is 0 Å². The summed E-state index contributed by atoms with van der Waals surface area (Å²) >= 11 is 0. The average molecular weight is 253 g/mol. The summed E-state index contributed by atoms with van der Waals surface area (Å²) in [5.41, 5.74) is -1.67. The Morgan fingerprint density at radius 3 is 2.22 bits per heavy atom. The zero-order chi connectivity index (χ0) is 13.3. The lowest BCUT2D eigenvalue weighted by molar-refractivity contribution is 0.316. The van der Waals surface area contributed by atoms with Gasteiger partial charge in [0.2, 0.25) is 0 Å². The van der Waals surface area contributed by atoms with Gasteiger partial charge in [-0.25, -0.2) is 23.5 Å². The van der Waals surface area contributed by atoms with Gasteiger partial charge in [-0.15, -0.1) is 0 Å². The number of aromatic amines is 1. The minimum atomic E-state index is -0.618. The van der Waals surface area contributed by atoms with Crippen LogP contribution in [0, 0.1) is 0 Å². The first-order chi connectivity index (χ1) is 8.52. The van der Waals surface area contributed by atoms with Crippen LogP contribution in [0.15, 0.2) is 14.4 Å².